The maximum absolute atomic E-state index is 13.3. The van der Waals surface area contributed by atoms with Crippen molar-refractivity contribution in [1.82, 2.24) is 15.5 Å². The van der Waals surface area contributed by atoms with Crippen LogP contribution in [-0.4, -0.2) is 59.0 Å². The zero-order chi connectivity index (χ0) is 22.0. The van der Waals surface area contributed by atoms with Crippen molar-refractivity contribution in [2.24, 2.45) is 0 Å². The van der Waals surface area contributed by atoms with E-state index >= 15 is 0 Å². The minimum Gasteiger partial charge on any atom is -0.368 e. The predicted molar refractivity (Wildman–Crippen MR) is 121 cm³/mol. The second-order valence-corrected chi connectivity index (χ2v) is 8.41. The van der Waals surface area contributed by atoms with Crippen LogP contribution in [0, 0.1) is 10.1 Å². The summed E-state index contributed by atoms with van der Waals surface area (Å²) < 4.78 is 0. The monoisotopic (exact) mass is 443 g/mol. The number of carbonyl (C=O) groups excluding carboxylic acids is 2. The Morgan fingerprint density at radius 2 is 1.84 bits per heavy atom. The van der Waals surface area contributed by atoms with Crippen molar-refractivity contribution in [2.75, 3.05) is 31.1 Å². The molecular weight excluding hydrogens is 418 g/mol. The fourth-order valence-electron chi connectivity index (χ4n) is 4.46. The maximum atomic E-state index is 13.3. The molecule has 164 valence electrons. The van der Waals surface area contributed by atoms with Gasteiger partial charge in [-0.2, -0.15) is 0 Å². The minimum absolute atomic E-state index is 0.0319. The van der Waals surface area contributed by atoms with Crippen molar-refractivity contribution < 1.29 is 14.5 Å². The molecule has 0 spiro atoms. The van der Waals surface area contributed by atoms with Crippen molar-refractivity contribution in [3.63, 3.8) is 0 Å². The molecule has 0 radical (unpaired) electrons. The molecule has 0 atom stereocenters. The van der Waals surface area contributed by atoms with E-state index in [-0.39, 0.29) is 22.4 Å². The Morgan fingerprint density at radius 3 is 2.52 bits per heavy atom. The number of non-ortho nitro benzene ring substituents is 1. The Bertz CT molecular complexity index is 951. The van der Waals surface area contributed by atoms with Gasteiger partial charge in [-0.25, -0.2) is 0 Å². The van der Waals surface area contributed by atoms with E-state index in [0.717, 1.165) is 64.0 Å². The summed E-state index contributed by atoms with van der Waals surface area (Å²) >= 11 is 5.30. The molecule has 2 heterocycles. The summed E-state index contributed by atoms with van der Waals surface area (Å²) in [6.45, 7) is 3.03. The molecule has 2 aliphatic heterocycles. The lowest BCUT2D eigenvalue weighted by Gasteiger charge is -2.37. The molecule has 1 aliphatic carbocycles. The van der Waals surface area contributed by atoms with E-state index in [2.05, 4.69) is 15.5 Å². The van der Waals surface area contributed by atoms with Crippen molar-refractivity contribution in [3.05, 3.63) is 39.4 Å². The molecule has 3 fully saturated rings. The average molecular weight is 444 g/mol. The molecule has 0 unspecified atom stereocenters. The third kappa shape index (κ3) is 4.45. The zero-order valence-electron chi connectivity index (χ0n) is 17.1. The number of carbonyl (C=O) groups is 2. The third-order valence-corrected chi connectivity index (χ3v) is 6.35. The lowest BCUT2D eigenvalue weighted by atomic mass is 9.93. The summed E-state index contributed by atoms with van der Waals surface area (Å²) in [5.41, 5.74) is 1.11. The topological polar surface area (TPSA) is 108 Å². The van der Waals surface area contributed by atoms with E-state index in [0.29, 0.717) is 5.56 Å². The first-order valence-corrected chi connectivity index (χ1v) is 11.0. The van der Waals surface area contributed by atoms with E-state index in [4.69, 9.17) is 12.2 Å². The molecule has 2 N–H and O–H groups in total. The molecule has 1 aromatic carbocycles. The first kappa shape index (κ1) is 21.4. The molecule has 1 saturated carbocycles. The lowest BCUT2D eigenvalue weighted by Crippen LogP contribution is -2.57. The molecule has 1 aromatic rings. The highest BCUT2D eigenvalue weighted by atomic mass is 32.1. The molecule has 0 bridgehead atoms. The number of nitro groups is 1. The van der Waals surface area contributed by atoms with Crippen LogP contribution in [0.3, 0.4) is 0 Å². The Hall–Kier alpha value is -2.85. The number of nitrogens with one attached hydrogen (secondary N) is 2. The third-order valence-electron chi connectivity index (χ3n) is 6.05. The fraction of sp³-hybridized carbons (Fsp3) is 0.476. The van der Waals surface area contributed by atoms with Gasteiger partial charge in [0.05, 0.1) is 4.92 Å². The van der Waals surface area contributed by atoms with Crippen LogP contribution in [0.1, 0.15) is 37.7 Å². The van der Waals surface area contributed by atoms with E-state index < -0.39 is 16.7 Å². The van der Waals surface area contributed by atoms with Gasteiger partial charge in [0, 0.05) is 55.6 Å². The lowest BCUT2D eigenvalue weighted by molar-refractivity contribution is -0.384. The number of hydrogen-bond acceptors (Lipinski definition) is 7. The van der Waals surface area contributed by atoms with E-state index in [1.54, 1.807) is 6.07 Å². The number of piperazine rings is 1. The highest BCUT2D eigenvalue weighted by Crippen LogP contribution is 2.30. The Labute approximate surface area is 185 Å². The van der Waals surface area contributed by atoms with Gasteiger partial charge in [-0.15, -0.1) is 0 Å². The molecule has 10 heteroatoms. The second kappa shape index (κ2) is 9.11. The van der Waals surface area contributed by atoms with Crippen LogP contribution in [0.4, 0.5) is 11.4 Å². The van der Waals surface area contributed by atoms with Crippen LogP contribution in [0.15, 0.2) is 23.8 Å². The minimum atomic E-state index is -0.570. The summed E-state index contributed by atoms with van der Waals surface area (Å²) in [7, 11) is 0. The molecule has 3 aliphatic rings. The van der Waals surface area contributed by atoms with Gasteiger partial charge < -0.3 is 10.2 Å². The summed E-state index contributed by atoms with van der Waals surface area (Å²) in [6.07, 6.45) is 6.32. The number of rotatable bonds is 4. The van der Waals surface area contributed by atoms with Crippen molar-refractivity contribution >= 4 is 46.6 Å². The number of anilines is 1. The smallest absolute Gasteiger partial charge is 0.270 e. The molecule has 0 aromatic heterocycles. The standard InChI is InChI=1S/C21H25N5O4S/c27-19-17(20(28)25(21(31)23-19)15-4-2-1-3-5-15)13-14-12-16(26(29)30)6-7-18(14)24-10-8-22-9-11-24/h6-7,12-13,15,22H,1-5,8-11H2,(H,23,27,31)/b17-13-. The average Bonchev–Trinajstić information content (AvgIpc) is 2.77. The van der Waals surface area contributed by atoms with Gasteiger partial charge in [0.25, 0.3) is 17.5 Å². The van der Waals surface area contributed by atoms with Crippen molar-refractivity contribution in [1.29, 1.82) is 0 Å². The van der Waals surface area contributed by atoms with Crippen LogP contribution in [0.2, 0.25) is 0 Å². The number of amides is 2. The van der Waals surface area contributed by atoms with Gasteiger partial charge in [-0.05, 0) is 37.2 Å². The van der Waals surface area contributed by atoms with Crippen molar-refractivity contribution in [3.8, 4) is 0 Å². The largest absolute Gasteiger partial charge is 0.368 e. The highest BCUT2D eigenvalue weighted by Gasteiger charge is 2.38. The van der Waals surface area contributed by atoms with Gasteiger partial charge in [0.15, 0.2) is 5.11 Å². The van der Waals surface area contributed by atoms with Gasteiger partial charge in [0.1, 0.15) is 5.57 Å². The van der Waals surface area contributed by atoms with Crippen LogP contribution in [-0.2, 0) is 9.59 Å². The number of hydrogen-bond donors (Lipinski definition) is 2. The summed E-state index contributed by atoms with van der Waals surface area (Å²) in [6, 6.07) is 4.52. The predicted octanol–water partition coefficient (Wildman–Crippen LogP) is 1.96. The molecule has 2 saturated heterocycles. The van der Waals surface area contributed by atoms with E-state index in [1.807, 2.05) is 0 Å². The summed E-state index contributed by atoms with van der Waals surface area (Å²) in [4.78, 5) is 40.5. The van der Waals surface area contributed by atoms with Crippen LogP contribution < -0.4 is 15.5 Å². The Balaban J connectivity index is 1.73. The normalized spacial score (nSPS) is 22.1. The Morgan fingerprint density at radius 1 is 1.13 bits per heavy atom. The first-order chi connectivity index (χ1) is 15.0. The van der Waals surface area contributed by atoms with Gasteiger partial charge in [-0.3, -0.25) is 29.9 Å². The van der Waals surface area contributed by atoms with Crippen molar-refractivity contribution in [2.45, 2.75) is 38.1 Å². The zero-order valence-corrected chi connectivity index (χ0v) is 18.0. The first-order valence-electron chi connectivity index (χ1n) is 10.6. The quantitative estimate of drug-likeness (QED) is 0.241. The number of nitrogens with zero attached hydrogens (tertiary/aromatic N) is 3. The summed E-state index contributed by atoms with van der Waals surface area (Å²) in [5, 5.41) is 17.4. The van der Waals surface area contributed by atoms with Crippen LogP contribution in [0.25, 0.3) is 6.08 Å². The van der Waals surface area contributed by atoms with Gasteiger partial charge in [-0.1, -0.05) is 19.3 Å². The van der Waals surface area contributed by atoms with Crippen LogP contribution >= 0.6 is 12.2 Å². The van der Waals surface area contributed by atoms with E-state index in [9.17, 15) is 19.7 Å². The van der Waals surface area contributed by atoms with Gasteiger partial charge in [0.2, 0.25) is 0 Å². The maximum Gasteiger partial charge on any atom is 0.270 e. The highest BCUT2D eigenvalue weighted by molar-refractivity contribution is 7.80. The SMILES string of the molecule is O=C1NC(=S)N(C2CCCCC2)C(=O)/C1=C\c1cc([N+](=O)[O-])ccc1N1CCNCC1. The number of nitro benzene ring substituents is 1. The van der Waals surface area contributed by atoms with E-state index in [1.165, 1.54) is 23.1 Å². The molecular formula is C21H25N5O4S. The fourth-order valence-corrected chi connectivity index (χ4v) is 4.79. The molecule has 9 nitrogen and oxygen atoms in total. The molecule has 4 rings (SSSR count). The number of benzene rings is 1. The Kier molecular flexibility index (Phi) is 6.28. The van der Waals surface area contributed by atoms with Crippen LogP contribution in [0.5, 0.6) is 0 Å². The summed E-state index contributed by atoms with van der Waals surface area (Å²) in [5.74, 6) is -1.00. The molecule has 2 amide bonds. The van der Waals surface area contributed by atoms with Gasteiger partial charge >= 0.3 is 0 Å². The molecule has 31 heavy (non-hydrogen) atoms. The number of thiocarbonyl (C=S) groups is 1. The second-order valence-electron chi connectivity index (χ2n) is 8.02.